The van der Waals surface area contributed by atoms with E-state index < -0.39 is 28.1 Å². The quantitative estimate of drug-likeness (QED) is 0.798. The Balaban J connectivity index is 2.11. The summed E-state index contributed by atoms with van der Waals surface area (Å²) in [6.07, 6.45) is 1.72. The molecule has 1 aliphatic rings. The van der Waals surface area contributed by atoms with Crippen molar-refractivity contribution >= 4 is 16.0 Å². The van der Waals surface area contributed by atoms with Crippen molar-refractivity contribution < 1.29 is 22.7 Å². The highest BCUT2D eigenvalue weighted by Gasteiger charge is 2.27. The Bertz CT molecular complexity index is 587. The molecular weight excluding hydrogens is 272 g/mol. The van der Waals surface area contributed by atoms with Crippen LogP contribution in [0.3, 0.4) is 0 Å². The molecule has 1 unspecified atom stereocenters. The van der Waals surface area contributed by atoms with Gasteiger partial charge in [-0.1, -0.05) is 0 Å². The van der Waals surface area contributed by atoms with Gasteiger partial charge in [0, 0.05) is 24.9 Å². The lowest BCUT2D eigenvalue weighted by Crippen LogP contribution is -2.21. The van der Waals surface area contributed by atoms with Crippen molar-refractivity contribution in [1.82, 2.24) is 4.98 Å². The third-order valence-electron chi connectivity index (χ3n) is 2.73. The lowest BCUT2D eigenvalue weighted by molar-refractivity contribution is 0.114. The molecular formula is C11H14N2O5S. The van der Waals surface area contributed by atoms with E-state index >= 15 is 0 Å². The molecule has 1 aromatic heterocycles. The molecule has 1 saturated heterocycles. The van der Waals surface area contributed by atoms with Crippen LogP contribution in [0.25, 0.3) is 0 Å². The third-order valence-corrected chi connectivity index (χ3v) is 3.72. The number of nitrogens with zero attached hydrogens (tertiary/aromatic N) is 1. The molecule has 104 valence electrons. The van der Waals surface area contributed by atoms with Crippen molar-refractivity contribution in [3.05, 3.63) is 23.9 Å². The Kier molecular flexibility index (Phi) is 3.72. The van der Waals surface area contributed by atoms with Crippen molar-refractivity contribution in [3.63, 3.8) is 0 Å². The minimum absolute atomic E-state index is 0.0277. The second-order valence-electron chi connectivity index (χ2n) is 4.34. The average molecular weight is 286 g/mol. The molecule has 8 heteroatoms. The van der Waals surface area contributed by atoms with Gasteiger partial charge in [0.05, 0.1) is 0 Å². The number of cyclic esters (lactones) is 2. The summed E-state index contributed by atoms with van der Waals surface area (Å²) in [5.41, 5.74) is 6.59. The van der Waals surface area contributed by atoms with Gasteiger partial charge in [0.1, 0.15) is 12.7 Å². The molecule has 0 spiro atoms. The van der Waals surface area contributed by atoms with Crippen molar-refractivity contribution in [1.29, 1.82) is 0 Å². The summed E-state index contributed by atoms with van der Waals surface area (Å²) in [5.74, 6) is 0. The molecule has 7 nitrogen and oxygen atoms in total. The van der Waals surface area contributed by atoms with Crippen molar-refractivity contribution in [3.8, 4) is 0 Å². The van der Waals surface area contributed by atoms with Gasteiger partial charge in [-0.15, -0.1) is 0 Å². The first-order chi connectivity index (χ1) is 8.86. The van der Waals surface area contributed by atoms with Crippen LogP contribution in [0.1, 0.15) is 18.0 Å². The number of carbonyl (C=O) groups excluding carboxylic acids is 1. The number of pyridine rings is 1. The molecule has 2 atom stereocenters. The van der Waals surface area contributed by atoms with Gasteiger partial charge >= 0.3 is 6.16 Å². The van der Waals surface area contributed by atoms with Crippen molar-refractivity contribution in [2.45, 2.75) is 23.6 Å². The number of rotatable bonds is 4. The molecule has 1 aromatic rings. The lowest BCUT2D eigenvalue weighted by Gasteiger charge is -2.15. The second-order valence-corrected chi connectivity index (χ2v) is 6.31. The van der Waals surface area contributed by atoms with Crippen LogP contribution in [0.15, 0.2) is 23.4 Å². The van der Waals surface area contributed by atoms with E-state index in [0.29, 0.717) is 12.0 Å². The second kappa shape index (κ2) is 5.14. The molecule has 0 amide bonds. The highest BCUT2D eigenvalue weighted by molar-refractivity contribution is 7.90. The Morgan fingerprint density at radius 2 is 2.32 bits per heavy atom. The fourth-order valence-electron chi connectivity index (χ4n) is 1.76. The maximum atomic E-state index is 11.4. The summed E-state index contributed by atoms with van der Waals surface area (Å²) < 4.78 is 32.3. The van der Waals surface area contributed by atoms with Crippen molar-refractivity contribution in [2.24, 2.45) is 5.73 Å². The maximum absolute atomic E-state index is 11.4. The van der Waals surface area contributed by atoms with Gasteiger partial charge in [0.25, 0.3) is 0 Å². The molecule has 1 aliphatic heterocycles. The van der Waals surface area contributed by atoms with Crippen LogP contribution in [0.4, 0.5) is 4.79 Å². The molecule has 19 heavy (non-hydrogen) atoms. The van der Waals surface area contributed by atoms with Gasteiger partial charge in [-0.25, -0.2) is 18.2 Å². The molecule has 0 aromatic carbocycles. The first-order valence-electron chi connectivity index (χ1n) is 5.61. The fourth-order valence-corrected chi connectivity index (χ4v) is 2.36. The van der Waals surface area contributed by atoms with E-state index in [-0.39, 0.29) is 11.6 Å². The van der Waals surface area contributed by atoms with Crippen LogP contribution in [0, 0.1) is 0 Å². The summed E-state index contributed by atoms with van der Waals surface area (Å²) in [6, 6.07) is 2.61. The Hall–Kier alpha value is -1.67. The standard InChI is InChI=1S/C11H14N2O5S/c1-19(15,16)10-4-7(2-3-13-10)9(12)5-8-6-17-11(14)18-8/h2-4,8-9H,5-6,12H2,1H3/t8?,9-/m0/s1. The van der Waals surface area contributed by atoms with Crippen LogP contribution >= 0.6 is 0 Å². The summed E-state index contributed by atoms with van der Waals surface area (Å²) in [6.45, 7) is 0.163. The monoisotopic (exact) mass is 286 g/mol. The van der Waals surface area contributed by atoms with Gasteiger partial charge in [-0.05, 0) is 17.7 Å². The van der Waals surface area contributed by atoms with Gasteiger partial charge in [-0.2, -0.15) is 0 Å². The molecule has 0 aliphatic carbocycles. The highest BCUT2D eigenvalue weighted by atomic mass is 32.2. The normalized spacial score (nSPS) is 20.7. The van der Waals surface area contributed by atoms with Gasteiger partial charge in [0.15, 0.2) is 14.9 Å². The highest BCUT2D eigenvalue weighted by Crippen LogP contribution is 2.21. The van der Waals surface area contributed by atoms with Crippen LogP contribution in [-0.4, -0.2) is 38.5 Å². The molecule has 0 radical (unpaired) electrons. The van der Waals surface area contributed by atoms with Gasteiger partial charge < -0.3 is 15.2 Å². The smallest absolute Gasteiger partial charge is 0.430 e. The minimum Gasteiger partial charge on any atom is -0.430 e. The SMILES string of the molecule is CS(=O)(=O)c1cc([C@@H](N)CC2COC(=O)O2)ccn1. The van der Waals surface area contributed by atoms with E-state index in [9.17, 15) is 13.2 Å². The third kappa shape index (κ3) is 3.42. The van der Waals surface area contributed by atoms with Crippen LogP contribution < -0.4 is 5.73 Å². The molecule has 0 saturated carbocycles. The number of nitrogens with two attached hydrogens (primary N) is 1. The van der Waals surface area contributed by atoms with Gasteiger partial charge in [-0.3, -0.25) is 0 Å². The van der Waals surface area contributed by atoms with Crippen LogP contribution in [-0.2, 0) is 19.3 Å². The van der Waals surface area contributed by atoms with Crippen molar-refractivity contribution in [2.75, 3.05) is 12.9 Å². The first kappa shape index (κ1) is 13.8. The maximum Gasteiger partial charge on any atom is 0.508 e. The fraction of sp³-hybridized carbons (Fsp3) is 0.455. The number of sulfone groups is 1. The zero-order valence-electron chi connectivity index (χ0n) is 10.3. The molecule has 0 bridgehead atoms. The van der Waals surface area contributed by atoms with E-state index in [4.69, 9.17) is 10.5 Å². The number of hydrogen-bond donors (Lipinski definition) is 1. The minimum atomic E-state index is -3.37. The average Bonchev–Trinajstić information content (AvgIpc) is 2.74. The molecule has 1 fully saturated rings. The largest absolute Gasteiger partial charge is 0.508 e. The van der Waals surface area contributed by atoms with E-state index in [1.54, 1.807) is 6.07 Å². The predicted molar refractivity (Wildman–Crippen MR) is 65.1 cm³/mol. The Labute approximate surface area is 110 Å². The van der Waals surface area contributed by atoms with E-state index in [1.807, 2.05) is 0 Å². The summed E-state index contributed by atoms with van der Waals surface area (Å²) in [5, 5.41) is -0.0277. The van der Waals surface area contributed by atoms with E-state index in [0.717, 1.165) is 6.26 Å². The summed E-state index contributed by atoms with van der Waals surface area (Å²) >= 11 is 0. The zero-order valence-corrected chi connectivity index (χ0v) is 11.1. The number of carbonyl (C=O) groups is 1. The summed E-state index contributed by atoms with van der Waals surface area (Å²) in [4.78, 5) is 14.6. The number of hydrogen-bond acceptors (Lipinski definition) is 7. The molecule has 2 heterocycles. The topological polar surface area (TPSA) is 109 Å². The number of aromatic nitrogens is 1. The van der Waals surface area contributed by atoms with E-state index in [2.05, 4.69) is 9.72 Å². The zero-order chi connectivity index (χ0) is 14.0. The van der Waals surface area contributed by atoms with Gasteiger partial charge in [0.2, 0.25) is 0 Å². The first-order valence-corrected chi connectivity index (χ1v) is 7.50. The number of ether oxygens (including phenoxy) is 2. The van der Waals surface area contributed by atoms with Crippen LogP contribution in [0.5, 0.6) is 0 Å². The lowest BCUT2D eigenvalue weighted by atomic mass is 10.0. The summed E-state index contributed by atoms with van der Waals surface area (Å²) in [7, 11) is -3.37. The molecule has 2 N–H and O–H groups in total. The Morgan fingerprint density at radius 1 is 1.58 bits per heavy atom. The Morgan fingerprint density at radius 3 is 2.89 bits per heavy atom. The predicted octanol–water partition coefficient (Wildman–Crippen LogP) is 0.410. The van der Waals surface area contributed by atoms with E-state index in [1.165, 1.54) is 12.3 Å². The van der Waals surface area contributed by atoms with Crippen LogP contribution in [0.2, 0.25) is 0 Å². The molecule has 2 rings (SSSR count).